The summed E-state index contributed by atoms with van der Waals surface area (Å²) in [6.07, 6.45) is 9.07. The number of hydrogen-bond acceptors (Lipinski definition) is 7. The topological polar surface area (TPSA) is 112 Å². The molecule has 1 heterocycles. The molecule has 0 bridgehead atoms. The number of rotatable bonds is 20. The second kappa shape index (κ2) is 21.3. The zero-order valence-electron chi connectivity index (χ0n) is 24.4. The molecule has 1 aromatic heterocycles. The number of sulfonamides is 1. The molecule has 8 nitrogen and oxygen atoms in total. The van der Waals surface area contributed by atoms with E-state index < -0.39 is 10.0 Å². The van der Waals surface area contributed by atoms with Gasteiger partial charge in [0.25, 0.3) is 0 Å². The van der Waals surface area contributed by atoms with Crippen molar-refractivity contribution in [3.63, 3.8) is 0 Å². The predicted molar refractivity (Wildman–Crippen MR) is 171 cm³/mol. The molecule has 0 aliphatic carbocycles. The summed E-state index contributed by atoms with van der Waals surface area (Å²) in [7, 11) is -3.78. The van der Waals surface area contributed by atoms with Crippen molar-refractivity contribution in [2.24, 2.45) is 5.14 Å². The average Bonchev–Trinajstić information content (AvgIpc) is 3.43. The van der Waals surface area contributed by atoms with E-state index >= 15 is 0 Å². The molecular weight excluding hydrogens is 692 g/mol. The van der Waals surface area contributed by atoms with Gasteiger partial charge >= 0.3 is 22.4 Å². The van der Waals surface area contributed by atoms with Crippen LogP contribution < -0.4 is 5.14 Å². The van der Waals surface area contributed by atoms with Gasteiger partial charge in [0.2, 0.25) is 10.0 Å². The van der Waals surface area contributed by atoms with Crippen LogP contribution in [0.2, 0.25) is 0 Å². The normalized spacial score (nSPS) is 11.5. The molecule has 0 aliphatic heterocycles. The van der Waals surface area contributed by atoms with Crippen molar-refractivity contribution in [2.75, 3.05) is 44.2 Å². The van der Waals surface area contributed by atoms with Gasteiger partial charge in [-0.05, 0) is 93.5 Å². The molecule has 13 heteroatoms. The third kappa shape index (κ3) is 14.0. The van der Waals surface area contributed by atoms with Crippen LogP contribution in [0.4, 0.5) is 4.39 Å². The van der Waals surface area contributed by atoms with Crippen LogP contribution in [0.3, 0.4) is 0 Å². The summed E-state index contributed by atoms with van der Waals surface area (Å²) >= 11 is 11.0. The van der Waals surface area contributed by atoms with E-state index in [1.54, 1.807) is 28.9 Å². The van der Waals surface area contributed by atoms with E-state index in [1.165, 1.54) is 56.4 Å². The van der Waals surface area contributed by atoms with Crippen molar-refractivity contribution >= 4 is 35.3 Å². The van der Waals surface area contributed by atoms with Crippen molar-refractivity contribution in [1.82, 2.24) is 14.7 Å². The fraction of sp³-hybridized carbons (Fsp3) is 0.500. The van der Waals surface area contributed by atoms with Crippen molar-refractivity contribution < 1.29 is 35.2 Å². The molecule has 3 aromatic rings. The first-order chi connectivity index (χ1) is 20.8. The van der Waals surface area contributed by atoms with Gasteiger partial charge < -0.3 is 35.5 Å². The van der Waals surface area contributed by atoms with Crippen LogP contribution in [-0.4, -0.2) is 67.3 Å². The zero-order valence-corrected chi connectivity index (χ0v) is 28.7. The van der Waals surface area contributed by atoms with Crippen LogP contribution in [0.5, 0.6) is 0 Å². The van der Waals surface area contributed by atoms with E-state index in [1.807, 2.05) is 6.07 Å². The fourth-order valence-corrected chi connectivity index (χ4v) is 5.63. The number of aryl methyl sites for hydroxylation is 1. The Morgan fingerprint density at radius 2 is 1.47 bits per heavy atom. The molecule has 0 unspecified atom stereocenters. The Kier molecular flexibility index (Phi) is 18.7. The van der Waals surface area contributed by atoms with E-state index in [-0.39, 0.29) is 10.7 Å². The van der Waals surface area contributed by atoms with Gasteiger partial charge in [-0.1, -0.05) is 32.1 Å². The summed E-state index contributed by atoms with van der Waals surface area (Å²) in [4.78, 5) is 2.47. The van der Waals surface area contributed by atoms with Gasteiger partial charge in [-0.3, -0.25) is 0 Å². The van der Waals surface area contributed by atoms with Crippen LogP contribution in [0.1, 0.15) is 50.6 Å². The average molecular weight is 733 g/mol. The number of nitrogens with two attached hydrogens (primary N) is 1. The minimum absolute atomic E-state index is 0.0423. The Morgan fingerprint density at radius 3 is 2.07 bits per heavy atom. The molecule has 0 aliphatic rings. The van der Waals surface area contributed by atoms with Gasteiger partial charge in [0.05, 0.1) is 22.0 Å². The van der Waals surface area contributed by atoms with Crippen LogP contribution in [0.15, 0.2) is 59.5 Å². The molecule has 0 spiro atoms. The number of nitrogens with zero attached hydrogens (tertiary/aromatic N) is 4. The second-order valence-electron chi connectivity index (χ2n) is 10.1. The molecule has 43 heavy (non-hydrogen) atoms. The van der Waals surface area contributed by atoms with E-state index in [4.69, 9.17) is 39.0 Å². The maximum absolute atomic E-state index is 13.6. The van der Waals surface area contributed by atoms with Crippen LogP contribution >= 0.6 is 0 Å². The molecule has 0 fully saturated rings. The Morgan fingerprint density at radius 1 is 0.837 bits per heavy atom. The zero-order chi connectivity index (χ0) is 31.5. The first kappa shape index (κ1) is 37.7. The van der Waals surface area contributed by atoms with Gasteiger partial charge in [-0.25, -0.2) is 22.6 Å². The first-order valence-corrected chi connectivity index (χ1v) is 17.9. The fourth-order valence-electron chi connectivity index (χ4n) is 4.73. The number of aromatic nitrogens is 2. The molecule has 0 amide bonds. The Hall–Kier alpha value is -1.44. The number of primary sulfonamides is 1. The minimum atomic E-state index is -3.78. The number of hydrogen-bond donors (Lipinski definition) is 1. The van der Waals surface area contributed by atoms with Crippen molar-refractivity contribution in [3.05, 3.63) is 71.4 Å². The first-order valence-electron chi connectivity index (χ1n) is 14.5. The van der Waals surface area contributed by atoms with Gasteiger partial charge in [0.15, 0.2) is 0 Å². The summed E-state index contributed by atoms with van der Waals surface area (Å²) < 4.78 is 46.9. The maximum atomic E-state index is 13.6. The summed E-state index contributed by atoms with van der Waals surface area (Å²) in [6, 6.07) is 14.6. The van der Waals surface area contributed by atoms with Gasteiger partial charge in [-0.2, -0.15) is 23.1 Å². The third-order valence-electron chi connectivity index (χ3n) is 6.95. The van der Waals surface area contributed by atoms with Crippen molar-refractivity contribution in [3.8, 4) is 16.9 Å². The standard InChI is InChI=1S/C30H43FN5O2S3.O.Tc/c31-26-11-9-25(10-12-26)30-24-27(34-36(30)28-13-15-29(16-14-28)41(32,37)38)8-6-4-2-1-3-5-7-19-35(21-23-40)20-17-33-18-22-39;;/h9-16,24,39-40H,1-8,17-23H2,(H2,32,37,38);;/q-1;;+4/p-2. The third-order valence-corrected chi connectivity index (χ3v) is 8.24. The molecule has 2 aromatic carbocycles. The molecule has 0 saturated heterocycles. The summed E-state index contributed by atoms with van der Waals surface area (Å²) in [5, 5.41) is 14.5. The molecule has 0 atom stereocenters. The predicted octanol–water partition coefficient (Wildman–Crippen LogP) is 5.25. The summed E-state index contributed by atoms with van der Waals surface area (Å²) in [5.41, 5.74) is 3.31. The van der Waals surface area contributed by atoms with Gasteiger partial charge in [0, 0.05) is 5.56 Å². The van der Waals surface area contributed by atoms with Crippen molar-refractivity contribution in [2.45, 2.75) is 56.3 Å². The van der Waals surface area contributed by atoms with Crippen LogP contribution in [0.25, 0.3) is 22.3 Å². The molecule has 2 N–H and O–H groups in total. The van der Waals surface area contributed by atoms with E-state index in [2.05, 4.69) is 10.2 Å². The van der Waals surface area contributed by atoms with Crippen LogP contribution in [-0.2, 0) is 64.1 Å². The quantitative estimate of drug-likeness (QED) is 0.125. The summed E-state index contributed by atoms with van der Waals surface area (Å²) in [6.45, 7) is 4.64. The van der Waals surface area contributed by atoms with E-state index in [0.717, 1.165) is 93.5 Å². The van der Waals surface area contributed by atoms with Gasteiger partial charge in [0.1, 0.15) is 5.82 Å². The Balaban J connectivity index is 0.00000316. The molecular formula is C30H41FN5O3S3Tc+. The molecule has 0 saturated carbocycles. The second-order valence-corrected chi connectivity index (χ2v) is 12.5. The number of unbranched alkanes of at least 4 members (excludes halogenated alkanes) is 6. The Bertz CT molecular complexity index is 1300. The van der Waals surface area contributed by atoms with E-state index in [0.29, 0.717) is 11.4 Å². The molecule has 235 valence electrons. The SMILES string of the molecule is NS(=O)(=O)c1ccc(-n2nc(CCCCCCCCCN(CC[S-])CC[N-]CC[S-])cc2-c2ccc(F)cc2)cc1.[O]=[Tc+4]. The monoisotopic (exact) mass is 731 g/mol. The number of halogens is 1. The van der Waals surface area contributed by atoms with E-state index in [9.17, 15) is 12.8 Å². The number of benzene rings is 2. The van der Waals surface area contributed by atoms with Gasteiger partial charge in [-0.15, -0.1) is 6.54 Å². The summed E-state index contributed by atoms with van der Waals surface area (Å²) in [5.74, 6) is 1.15. The Labute approximate surface area is 277 Å². The van der Waals surface area contributed by atoms with Crippen LogP contribution in [0, 0.1) is 5.82 Å². The molecule has 3 rings (SSSR count). The molecule has 0 radical (unpaired) electrons. The van der Waals surface area contributed by atoms with Crippen molar-refractivity contribution in [1.29, 1.82) is 0 Å².